The SMILES string of the molecule is CC(C)C1(C)NC(=O)N(CC(O)c2c(F)cccc2F)C1=O. The first-order chi connectivity index (χ1) is 10.2. The van der Waals surface area contributed by atoms with E-state index in [2.05, 4.69) is 5.32 Å². The molecule has 3 amide bonds. The molecule has 5 nitrogen and oxygen atoms in total. The Bertz CT molecular complexity index is 601. The number of benzene rings is 1. The molecule has 1 aliphatic rings. The Morgan fingerprint density at radius 3 is 2.27 bits per heavy atom. The topological polar surface area (TPSA) is 69.6 Å². The van der Waals surface area contributed by atoms with Crippen LogP contribution in [0.5, 0.6) is 0 Å². The minimum Gasteiger partial charge on any atom is -0.386 e. The summed E-state index contributed by atoms with van der Waals surface area (Å²) in [4.78, 5) is 25.1. The van der Waals surface area contributed by atoms with Gasteiger partial charge in [0.25, 0.3) is 5.91 Å². The number of urea groups is 1. The van der Waals surface area contributed by atoms with Crippen LogP contribution in [0, 0.1) is 17.6 Å². The minimum atomic E-state index is -1.63. The van der Waals surface area contributed by atoms with Gasteiger partial charge in [0.05, 0.1) is 12.1 Å². The highest BCUT2D eigenvalue weighted by molar-refractivity contribution is 6.07. The molecular formula is C15H18F2N2O3. The summed E-state index contributed by atoms with van der Waals surface area (Å²) in [5, 5.41) is 12.6. The van der Waals surface area contributed by atoms with Crippen molar-refractivity contribution in [3.63, 3.8) is 0 Å². The largest absolute Gasteiger partial charge is 0.386 e. The van der Waals surface area contributed by atoms with Crippen molar-refractivity contribution in [2.24, 2.45) is 5.92 Å². The number of β-amino-alcohol motifs (C(OH)–C–C–N with tert-alkyl or cyclic N) is 1. The normalized spacial score (nSPS) is 23.1. The van der Waals surface area contributed by atoms with Crippen molar-refractivity contribution in [1.29, 1.82) is 0 Å². The van der Waals surface area contributed by atoms with Crippen LogP contribution in [0.1, 0.15) is 32.4 Å². The Labute approximate surface area is 126 Å². The number of nitrogens with one attached hydrogen (secondary N) is 1. The third kappa shape index (κ3) is 2.56. The van der Waals surface area contributed by atoms with Crippen LogP contribution >= 0.6 is 0 Å². The van der Waals surface area contributed by atoms with E-state index in [-0.39, 0.29) is 5.92 Å². The quantitative estimate of drug-likeness (QED) is 0.835. The number of amides is 3. The Hall–Kier alpha value is -2.02. The number of aliphatic hydroxyl groups is 1. The van der Waals surface area contributed by atoms with Gasteiger partial charge in [0.2, 0.25) is 0 Å². The van der Waals surface area contributed by atoms with E-state index in [1.54, 1.807) is 20.8 Å². The van der Waals surface area contributed by atoms with E-state index in [4.69, 9.17) is 0 Å². The van der Waals surface area contributed by atoms with Crippen LogP contribution in [0.15, 0.2) is 18.2 Å². The fraction of sp³-hybridized carbons (Fsp3) is 0.467. The van der Waals surface area contributed by atoms with Gasteiger partial charge >= 0.3 is 6.03 Å². The monoisotopic (exact) mass is 312 g/mol. The molecule has 1 saturated heterocycles. The average Bonchev–Trinajstić information content (AvgIpc) is 2.63. The first kappa shape index (κ1) is 16.4. The molecule has 2 N–H and O–H groups in total. The third-order valence-corrected chi connectivity index (χ3v) is 4.14. The molecule has 0 bridgehead atoms. The van der Waals surface area contributed by atoms with Crippen molar-refractivity contribution in [2.75, 3.05) is 6.54 Å². The molecule has 120 valence electrons. The standard InChI is InChI=1S/C15H18F2N2O3/c1-8(2)15(3)13(21)19(14(22)18-15)7-11(20)12-9(16)5-4-6-10(12)17/h4-6,8,11,20H,7H2,1-3H3,(H,18,22). The molecule has 2 unspecified atom stereocenters. The Morgan fingerprint density at radius 1 is 1.27 bits per heavy atom. The molecule has 1 aliphatic heterocycles. The molecule has 0 aliphatic carbocycles. The Kier molecular flexibility index (Phi) is 4.19. The molecule has 0 spiro atoms. The zero-order valence-corrected chi connectivity index (χ0v) is 12.6. The summed E-state index contributed by atoms with van der Waals surface area (Å²) in [6.45, 7) is 4.61. The molecule has 2 atom stereocenters. The van der Waals surface area contributed by atoms with Gasteiger partial charge in [0.15, 0.2) is 0 Å². The fourth-order valence-corrected chi connectivity index (χ4v) is 2.37. The number of imide groups is 1. The maximum atomic E-state index is 13.6. The van der Waals surface area contributed by atoms with Gasteiger partial charge < -0.3 is 10.4 Å². The average molecular weight is 312 g/mol. The molecule has 7 heteroatoms. The van der Waals surface area contributed by atoms with Gasteiger partial charge in [0, 0.05) is 0 Å². The number of hydrogen-bond donors (Lipinski definition) is 2. The third-order valence-electron chi connectivity index (χ3n) is 4.14. The van der Waals surface area contributed by atoms with Gasteiger partial charge in [-0.3, -0.25) is 9.69 Å². The van der Waals surface area contributed by atoms with E-state index in [1.165, 1.54) is 6.07 Å². The molecule has 0 radical (unpaired) electrons. The number of aliphatic hydroxyl groups excluding tert-OH is 1. The van der Waals surface area contributed by atoms with E-state index in [0.717, 1.165) is 17.0 Å². The minimum absolute atomic E-state index is 0.170. The molecule has 22 heavy (non-hydrogen) atoms. The van der Waals surface area contributed by atoms with Gasteiger partial charge in [-0.2, -0.15) is 0 Å². The predicted octanol–water partition coefficient (Wildman–Crippen LogP) is 1.96. The summed E-state index contributed by atoms with van der Waals surface area (Å²) in [5.74, 6) is -2.54. The van der Waals surface area contributed by atoms with Crippen LogP contribution in [-0.2, 0) is 4.79 Å². The number of carbonyl (C=O) groups is 2. The molecule has 1 heterocycles. The molecular weight excluding hydrogens is 294 g/mol. The van der Waals surface area contributed by atoms with Crippen molar-refractivity contribution < 1.29 is 23.5 Å². The lowest BCUT2D eigenvalue weighted by molar-refractivity contribution is -0.133. The number of rotatable bonds is 4. The summed E-state index contributed by atoms with van der Waals surface area (Å²) in [7, 11) is 0. The molecule has 1 aromatic carbocycles. The molecule has 0 saturated carbocycles. The van der Waals surface area contributed by atoms with Crippen LogP contribution in [0.2, 0.25) is 0 Å². The summed E-state index contributed by atoms with van der Waals surface area (Å²) in [5.41, 5.74) is -1.65. The summed E-state index contributed by atoms with van der Waals surface area (Å²) in [6.07, 6.45) is -1.63. The highest BCUT2D eigenvalue weighted by atomic mass is 19.1. The lowest BCUT2D eigenvalue weighted by Crippen LogP contribution is -2.48. The fourth-order valence-electron chi connectivity index (χ4n) is 2.37. The second kappa shape index (κ2) is 5.64. The first-order valence-corrected chi connectivity index (χ1v) is 6.94. The number of halogens is 2. The predicted molar refractivity (Wildman–Crippen MR) is 74.8 cm³/mol. The van der Waals surface area contributed by atoms with Gasteiger partial charge in [0.1, 0.15) is 23.3 Å². The lowest BCUT2D eigenvalue weighted by Gasteiger charge is -2.26. The van der Waals surface area contributed by atoms with E-state index < -0.39 is 47.3 Å². The molecule has 1 aromatic rings. The molecule has 0 aromatic heterocycles. The van der Waals surface area contributed by atoms with Crippen molar-refractivity contribution in [1.82, 2.24) is 10.2 Å². The van der Waals surface area contributed by atoms with Crippen molar-refractivity contribution >= 4 is 11.9 Å². The van der Waals surface area contributed by atoms with Crippen LogP contribution in [0.4, 0.5) is 13.6 Å². The van der Waals surface area contributed by atoms with Crippen LogP contribution in [-0.4, -0.2) is 34.0 Å². The number of hydrogen-bond acceptors (Lipinski definition) is 3. The first-order valence-electron chi connectivity index (χ1n) is 6.94. The van der Waals surface area contributed by atoms with E-state index >= 15 is 0 Å². The summed E-state index contributed by atoms with van der Waals surface area (Å²) < 4.78 is 27.3. The van der Waals surface area contributed by atoms with E-state index in [9.17, 15) is 23.5 Å². The lowest BCUT2D eigenvalue weighted by atomic mass is 9.88. The molecule has 2 rings (SSSR count). The van der Waals surface area contributed by atoms with Gasteiger partial charge in [-0.1, -0.05) is 19.9 Å². The smallest absolute Gasteiger partial charge is 0.325 e. The van der Waals surface area contributed by atoms with Gasteiger partial charge in [-0.15, -0.1) is 0 Å². The van der Waals surface area contributed by atoms with Gasteiger partial charge in [-0.05, 0) is 25.0 Å². The maximum Gasteiger partial charge on any atom is 0.325 e. The number of nitrogens with zero attached hydrogens (tertiary/aromatic N) is 1. The van der Waals surface area contributed by atoms with Gasteiger partial charge in [-0.25, -0.2) is 13.6 Å². The summed E-state index contributed by atoms with van der Waals surface area (Å²) >= 11 is 0. The maximum absolute atomic E-state index is 13.6. The Balaban J connectivity index is 2.24. The summed E-state index contributed by atoms with van der Waals surface area (Å²) in [6, 6.07) is 2.50. The van der Waals surface area contributed by atoms with Crippen LogP contribution < -0.4 is 5.32 Å². The van der Waals surface area contributed by atoms with Crippen molar-refractivity contribution in [3.8, 4) is 0 Å². The zero-order valence-electron chi connectivity index (χ0n) is 12.6. The number of carbonyl (C=O) groups excluding carboxylic acids is 2. The Morgan fingerprint density at radius 2 is 1.82 bits per heavy atom. The van der Waals surface area contributed by atoms with Crippen molar-refractivity contribution in [3.05, 3.63) is 35.4 Å². The second-order valence-electron chi connectivity index (χ2n) is 5.85. The second-order valence-corrected chi connectivity index (χ2v) is 5.85. The van der Waals surface area contributed by atoms with E-state index in [0.29, 0.717) is 0 Å². The van der Waals surface area contributed by atoms with Crippen molar-refractivity contribution in [2.45, 2.75) is 32.4 Å². The van der Waals surface area contributed by atoms with E-state index in [1.807, 2.05) is 0 Å². The van der Waals surface area contributed by atoms with Crippen LogP contribution in [0.25, 0.3) is 0 Å². The van der Waals surface area contributed by atoms with Crippen LogP contribution in [0.3, 0.4) is 0 Å². The molecule has 1 fully saturated rings. The zero-order chi connectivity index (χ0) is 16.7. The highest BCUT2D eigenvalue weighted by Crippen LogP contribution is 2.28. The highest BCUT2D eigenvalue weighted by Gasteiger charge is 2.50.